The van der Waals surface area contributed by atoms with Gasteiger partial charge in [-0.3, -0.25) is 0 Å². The quantitative estimate of drug-likeness (QED) is 0.384. The number of imidazole rings is 1. The molecule has 1 aromatic carbocycles. The van der Waals surface area contributed by atoms with E-state index in [0.717, 1.165) is 45.9 Å². The summed E-state index contributed by atoms with van der Waals surface area (Å²) in [6, 6.07) is 14.3. The Morgan fingerprint density at radius 1 is 1.07 bits per heavy atom. The van der Waals surface area contributed by atoms with E-state index in [-0.39, 0.29) is 0 Å². The van der Waals surface area contributed by atoms with Gasteiger partial charge in [-0.05, 0) is 69.0 Å². The maximum absolute atomic E-state index is 6.08. The number of hydrogen-bond donors (Lipinski definition) is 0. The Bertz CT molecular complexity index is 1100. The van der Waals surface area contributed by atoms with Crippen molar-refractivity contribution in [2.45, 2.75) is 56.2 Å². The van der Waals surface area contributed by atoms with Crippen LogP contribution in [0, 0.1) is 0 Å². The van der Waals surface area contributed by atoms with Crippen molar-refractivity contribution in [3.63, 3.8) is 0 Å². The molecule has 3 aromatic heterocycles. The lowest BCUT2D eigenvalue weighted by Gasteiger charge is -2.13. The molecule has 1 aliphatic rings. The maximum atomic E-state index is 6.08. The average Bonchev–Trinajstić information content (AvgIpc) is 3.51. The fourth-order valence-electron chi connectivity index (χ4n) is 3.97. The van der Waals surface area contributed by atoms with E-state index in [1.54, 1.807) is 11.8 Å². The summed E-state index contributed by atoms with van der Waals surface area (Å²) in [5.74, 6) is 2.59. The van der Waals surface area contributed by atoms with Crippen molar-refractivity contribution in [3.8, 4) is 17.1 Å². The Labute approximate surface area is 180 Å². The lowest BCUT2D eigenvalue weighted by atomic mass is 10.2. The van der Waals surface area contributed by atoms with Crippen LogP contribution < -0.4 is 4.74 Å². The summed E-state index contributed by atoms with van der Waals surface area (Å²) in [6.45, 7) is 2.94. The Morgan fingerprint density at radius 3 is 2.67 bits per heavy atom. The third-order valence-electron chi connectivity index (χ3n) is 5.51. The molecule has 0 amide bonds. The zero-order chi connectivity index (χ0) is 20.3. The Kier molecular flexibility index (Phi) is 5.45. The highest BCUT2D eigenvalue weighted by Gasteiger charge is 2.17. The molecule has 1 aliphatic carbocycles. The molecule has 0 N–H and O–H groups in total. The second-order valence-electron chi connectivity index (χ2n) is 7.59. The first-order valence-electron chi connectivity index (χ1n) is 10.6. The molecule has 6 nitrogen and oxygen atoms in total. The summed E-state index contributed by atoms with van der Waals surface area (Å²) < 4.78 is 10.3. The van der Waals surface area contributed by atoms with Gasteiger partial charge in [0.2, 0.25) is 0 Å². The highest BCUT2D eigenvalue weighted by molar-refractivity contribution is 7.98. The minimum atomic E-state index is 0.373. The standard InChI is InChI=1S/C23H25N5OS/c1-2-28-22(17-10-12-20(13-11-17)29-19-7-3-4-8-19)25-26-23(28)30-16-18-15-27-14-6-5-9-21(27)24-18/h5-6,9-15,19H,2-4,7-8,16H2,1H3. The molecule has 4 aromatic rings. The van der Waals surface area contributed by atoms with Crippen LogP contribution in [0.15, 0.2) is 60.0 Å². The van der Waals surface area contributed by atoms with Crippen LogP contribution in [-0.2, 0) is 12.3 Å². The van der Waals surface area contributed by atoms with E-state index < -0.39 is 0 Å². The van der Waals surface area contributed by atoms with Crippen LogP contribution in [0.5, 0.6) is 5.75 Å². The van der Waals surface area contributed by atoms with E-state index in [1.165, 1.54) is 25.7 Å². The molecular formula is C23H25N5OS. The topological polar surface area (TPSA) is 57.2 Å². The molecule has 1 fully saturated rings. The molecule has 0 spiro atoms. The van der Waals surface area contributed by atoms with Gasteiger partial charge in [0.25, 0.3) is 0 Å². The van der Waals surface area contributed by atoms with E-state index in [4.69, 9.17) is 4.74 Å². The summed E-state index contributed by atoms with van der Waals surface area (Å²) in [6.07, 6.45) is 9.34. The molecule has 0 unspecified atom stereocenters. The molecule has 0 radical (unpaired) electrons. The zero-order valence-corrected chi connectivity index (χ0v) is 17.9. The van der Waals surface area contributed by atoms with E-state index in [1.807, 2.05) is 40.9 Å². The van der Waals surface area contributed by atoms with Crippen molar-refractivity contribution < 1.29 is 4.74 Å². The first-order valence-corrected chi connectivity index (χ1v) is 11.5. The van der Waals surface area contributed by atoms with E-state index >= 15 is 0 Å². The number of fused-ring (bicyclic) bond motifs is 1. The van der Waals surface area contributed by atoms with Crippen LogP contribution in [0.25, 0.3) is 17.0 Å². The number of aromatic nitrogens is 5. The van der Waals surface area contributed by atoms with Crippen LogP contribution in [-0.4, -0.2) is 30.3 Å². The highest BCUT2D eigenvalue weighted by atomic mass is 32.2. The van der Waals surface area contributed by atoms with Crippen LogP contribution >= 0.6 is 11.8 Å². The summed E-state index contributed by atoms with van der Waals surface area (Å²) in [5, 5.41) is 9.83. The third-order valence-corrected chi connectivity index (χ3v) is 6.51. The fraction of sp³-hybridized carbons (Fsp3) is 0.348. The molecule has 0 aliphatic heterocycles. The van der Waals surface area contributed by atoms with Gasteiger partial charge in [0.1, 0.15) is 11.4 Å². The maximum Gasteiger partial charge on any atom is 0.191 e. The lowest BCUT2D eigenvalue weighted by molar-refractivity contribution is 0.210. The predicted octanol–water partition coefficient (Wildman–Crippen LogP) is 5.23. The largest absolute Gasteiger partial charge is 0.490 e. The molecule has 30 heavy (non-hydrogen) atoms. The van der Waals surface area contributed by atoms with Gasteiger partial charge in [-0.25, -0.2) is 4.98 Å². The number of hydrogen-bond acceptors (Lipinski definition) is 5. The molecule has 0 bridgehead atoms. The number of thioether (sulfide) groups is 1. The summed E-state index contributed by atoms with van der Waals surface area (Å²) in [4.78, 5) is 4.67. The van der Waals surface area contributed by atoms with Gasteiger partial charge in [-0.1, -0.05) is 17.8 Å². The lowest BCUT2D eigenvalue weighted by Crippen LogP contribution is -2.10. The van der Waals surface area contributed by atoms with E-state index in [0.29, 0.717) is 6.10 Å². The van der Waals surface area contributed by atoms with E-state index in [2.05, 4.69) is 45.0 Å². The molecular weight excluding hydrogens is 394 g/mol. The Morgan fingerprint density at radius 2 is 1.90 bits per heavy atom. The van der Waals surface area contributed by atoms with Crippen molar-refractivity contribution >= 4 is 17.4 Å². The zero-order valence-electron chi connectivity index (χ0n) is 17.1. The van der Waals surface area contributed by atoms with Crippen molar-refractivity contribution in [2.75, 3.05) is 0 Å². The molecule has 0 atom stereocenters. The highest BCUT2D eigenvalue weighted by Crippen LogP contribution is 2.29. The van der Waals surface area contributed by atoms with Crippen molar-refractivity contribution in [2.24, 2.45) is 0 Å². The van der Waals surface area contributed by atoms with Gasteiger partial charge in [-0.15, -0.1) is 10.2 Å². The van der Waals surface area contributed by atoms with Gasteiger partial charge >= 0.3 is 0 Å². The minimum Gasteiger partial charge on any atom is -0.490 e. The summed E-state index contributed by atoms with van der Waals surface area (Å²) >= 11 is 1.67. The number of benzene rings is 1. The van der Waals surface area contributed by atoms with Crippen LogP contribution in [0.3, 0.4) is 0 Å². The van der Waals surface area contributed by atoms with Crippen LogP contribution in [0.2, 0.25) is 0 Å². The number of rotatable bonds is 7. The fourth-order valence-corrected chi connectivity index (χ4v) is 4.86. The van der Waals surface area contributed by atoms with Crippen LogP contribution in [0.1, 0.15) is 38.3 Å². The van der Waals surface area contributed by atoms with Crippen molar-refractivity contribution in [1.82, 2.24) is 24.1 Å². The molecule has 1 saturated carbocycles. The van der Waals surface area contributed by atoms with Crippen LogP contribution in [0.4, 0.5) is 0 Å². The molecule has 5 rings (SSSR count). The second-order valence-corrected chi connectivity index (χ2v) is 8.53. The smallest absolute Gasteiger partial charge is 0.191 e. The summed E-state index contributed by atoms with van der Waals surface area (Å²) in [5.41, 5.74) is 3.06. The Hall–Kier alpha value is -2.80. The second kappa shape index (κ2) is 8.52. The van der Waals surface area contributed by atoms with E-state index in [9.17, 15) is 0 Å². The van der Waals surface area contributed by atoms with Gasteiger partial charge in [0, 0.05) is 30.3 Å². The first-order chi connectivity index (χ1) is 14.8. The first kappa shape index (κ1) is 19.2. The third kappa shape index (κ3) is 3.94. The molecule has 0 saturated heterocycles. The normalized spacial score (nSPS) is 14.6. The monoisotopic (exact) mass is 419 g/mol. The van der Waals surface area contributed by atoms with Crippen molar-refractivity contribution in [1.29, 1.82) is 0 Å². The number of nitrogens with zero attached hydrogens (tertiary/aromatic N) is 5. The number of pyridine rings is 1. The van der Waals surface area contributed by atoms with Crippen molar-refractivity contribution in [3.05, 3.63) is 60.6 Å². The average molecular weight is 420 g/mol. The van der Waals surface area contributed by atoms with Gasteiger partial charge in [0.05, 0.1) is 11.8 Å². The Balaban J connectivity index is 1.30. The SMILES string of the molecule is CCn1c(SCc2cn3ccccc3n2)nnc1-c1ccc(OC2CCCC2)cc1. The predicted molar refractivity (Wildman–Crippen MR) is 119 cm³/mol. The molecule has 154 valence electrons. The van der Waals surface area contributed by atoms with Gasteiger partial charge in [0.15, 0.2) is 11.0 Å². The molecule has 7 heteroatoms. The van der Waals surface area contributed by atoms with Gasteiger partial charge < -0.3 is 13.7 Å². The van der Waals surface area contributed by atoms with Gasteiger partial charge in [-0.2, -0.15) is 0 Å². The number of ether oxygens (including phenoxy) is 1. The minimum absolute atomic E-state index is 0.373. The molecule has 3 heterocycles. The summed E-state index contributed by atoms with van der Waals surface area (Å²) in [7, 11) is 0.